The first-order valence-corrected chi connectivity index (χ1v) is 5.32. The zero-order chi connectivity index (χ0) is 10.8. The van der Waals surface area contributed by atoms with Gasteiger partial charge in [-0.25, -0.2) is 11.1 Å². The molecule has 82 valence electrons. The smallest absolute Gasteiger partial charge is 0 e. The van der Waals surface area contributed by atoms with Crippen LogP contribution in [0, 0.1) is 12.1 Å². The van der Waals surface area contributed by atoms with Gasteiger partial charge in [0.05, 0.1) is 0 Å². The second kappa shape index (κ2) is 7.65. The van der Waals surface area contributed by atoms with Gasteiger partial charge in [-0.1, -0.05) is 18.2 Å². The molecular formula is C16H10Y2-2. The molecule has 0 aliphatic heterocycles. The van der Waals surface area contributed by atoms with Gasteiger partial charge in [0, 0.05) is 65.4 Å². The molecule has 0 heterocycles. The van der Waals surface area contributed by atoms with Gasteiger partial charge in [-0.3, -0.25) is 0 Å². The first-order chi connectivity index (χ1) is 7.95. The number of benzene rings is 3. The molecule has 0 N–H and O–H groups in total. The molecule has 0 unspecified atom stereocenters. The summed E-state index contributed by atoms with van der Waals surface area (Å²) in [4.78, 5) is 0. The predicted octanol–water partition coefficient (Wildman–Crippen LogP) is 4.10. The van der Waals surface area contributed by atoms with E-state index in [2.05, 4.69) is 48.5 Å². The molecule has 3 aromatic carbocycles. The van der Waals surface area contributed by atoms with E-state index < -0.39 is 0 Å². The van der Waals surface area contributed by atoms with Crippen molar-refractivity contribution in [2.45, 2.75) is 0 Å². The summed E-state index contributed by atoms with van der Waals surface area (Å²) in [5.74, 6) is 0. The number of rotatable bonds is 1. The Kier molecular flexibility index (Phi) is 6.88. The van der Waals surface area contributed by atoms with Gasteiger partial charge in [0.2, 0.25) is 0 Å². The number of hydrogen-bond donors (Lipinski definition) is 0. The second-order valence-electron chi connectivity index (χ2n) is 3.72. The summed E-state index contributed by atoms with van der Waals surface area (Å²) in [5, 5.41) is 2.47. The average molecular weight is 380 g/mol. The molecule has 2 radical (unpaired) electrons. The Hall–Kier alpha value is 0.128. The Morgan fingerprint density at radius 3 is 2.22 bits per heavy atom. The van der Waals surface area contributed by atoms with E-state index in [1.807, 2.05) is 24.3 Å². The minimum absolute atomic E-state index is 0. The fourth-order valence-electron chi connectivity index (χ4n) is 1.93. The van der Waals surface area contributed by atoms with Crippen LogP contribution in [0.2, 0.25) is 0 Å². The van der Waals surface area contributed by atoms with Crippen molar-refractivity contribution in [1.82, 2.24) is 0 Å². The molecule has 18 heavy (non-hydrogen) atoms. The SMILES string of the molecule is [Y].[Y].[c-]1ccccc1-c1[c-]ccc2ccccc12. The Morgan fingerprint density at radius 2 is 1.44 bits per heavy atom. The molecule has 0 fully saturated rings. The Bertz CT molecular complexity index is 613. The Labute approximate surface area is 158 Å². The molecule has 0 aliphatic carbocycles. The summed E-state index contributed by atoms with van der Waals surface area (Å²) in [6, 6.07) is 27.0. The normalized spacial score (nSPS) is 9.33. The van der Waals surface area contributed by atoms with Gasteiger partial charge in [0.15, 0.2) is 0 Å². The van der Waals surface area contributed by atoms with Gasteiger partial charge in [0.1, 0.15) is 0 Å². The van der Waals surface area contributed by atoms with Crippen LogP contribution in [-0.2, 0) is 65.4 Å². The summed E-state index contributed by atoms with van der Waals surface area (Å²) < 4.78 is 0. The van der Waals surface area contributed by atoms with Crippen molar-refractivity contribution in [1.29, 1.82) is 0 Å². The van der Waals surface area contributed by atoms with E-state index in [-0.39, 0.29) is 65.4 Å². The molecule has 0 nitrogen and oxygen atoms in total. The third-order valence-corrected chi connectivity index (χ3v) is 2.70. The minimum atomic E-state index is 0. The van der Waals surface area contributed by atoms with Crippen LogP contribution in [0.25, 0.3) is 21.9 Å². The zero-order valence-electron chi connectivity index (χ0n) is 9.93. The first-order valence-electron chi connectivity index (χ1n) is 5.32. The van der Waals surface area contributed by atoms with E-state index >= 15 is 0 Å². The van der Waals surface area contributed by atoms with Crippen LogP contribution in [0.3, 0.4) is 0 Å². The Morgan fingerprint density at radius 1 is 0.667 bits per heavy atom. The van der Waals surface area contributed by atoms with Crippen LogP contribution in [0.5, 0.6) is 0 Å². The molecule has 2 heteroatoms. The maximum atomic E-state index is 3.30. The van der Waals surface area contributed by atoms with Crippen LogP contribution < -0.4 is 0 Å². The van der Waals surface area contributed by atoms with Crippen LogP contribution >= 0.6 is 0 Å². The Balaban J connectivity index is 0.000000810. The van der Waals surface area contributed by atoms with E-state index in [1.165, 1.54) is 10.8 Å². The van der Waals surface area contributed by atoms with Gasteiger partial charge < -0.3 is 0 Å². The maximum absolute atomic E-state index is 3.30. The molecule has 0 aliphatic rings. The largest absolute Gasteiger partial charge is 0.226 e. The van der Waals surface area contributed by atoms with Crippen molar-refractivity contribution >= 4 is 10.8 Å². The van der Waals surface area contributed by atoms with Crippen LogP contribution in [-0.4, -0.2) is 0 Å². The van der Waals surface area contributed by atoms with E-state index in [0.717, 1.165) is 11.1 Å². The predicted molar refractivity (Wildman–Crippen MR) is 67.1 cm³/mol. The molecule has 0 bridgehead atoms. The van der Waals surface area contributed by atoms with E-state index in [1.54, 1.807) is 0 Å². The molecule has 0 amide bonds. The number of fused-ring (bicyclic) bond motifs is 1. The molecule has 3 aromatic rings. The second-order valence-corrected chi connectivity index (χ2v) is 3.72. The summed E-state index contributed by atoms with van der Waals surface area (Å²) in [6.45, 7) is 0. The standard InChI is InChI=1S/C16H10.2Y/c1-2-7-13(8-3-1)16-12-6-10-14-9-4-5-11-15(14)16;;/h1-7,9-11H;;/q-2;;. The fraction of sp³-hybridized carbons (Fsp3) is 0. The maximum Gasteiger partial charge on any atom is 0 e. The zero-order valence-corrected chi connectivity index (χ0v) is 15.6. The third kappa shape index (κ3) is 3.36. The van der Waals surface area contributed by atoms with E-state index in [9.17, 15) is 0 Å². The summed E-state index contributed by atoms with van der Waals surface area (Å²) >= 11 is 0. The topological polar surface area (TPSA) is 0 Å². The summed E-state index contributed by atoms with van der Waals surface area (Å²) in [7, 11) is 0. The van der Waals surface area contributed by atoms with Gasteiger partial charge in [-0.15, -0.1) is 29.0 Å². The van der Waals surface area contributed by atoms with Gasteiger partial charge in [-0.05, 0) is 0 Å². The van der Waals surface area contributed by atoms with Crippen molar-refractivity contribution in [3.05, 3.63) is 72.8 Å². The number of hydrogen-bond acceptors (Lipinski definition) is 0. The molecule has 0 spiro atoms. The van der Waals surface area contributed by atoms with Crippen molar-refractivity contribution in [3.63, 3.8) is 0 Å². The van der Waals surface area contributed by atoms with Crippen LogP contribution in [0.15, 0.2) is 60.7 Å². The molecule has 3 rings (SSSR count). The first kappa shape index (κ1) is 16.2. The van der Waals surface area contributed by atoms with Crippen LogP contribution in [0.1, 0.15) is 0 Å². The molecule has 0 aromatic heterocycles. The van der Waals surface area contributed by atoms with E-state index in [4.69, 9.17) is 0 Å². The van der Waals surface area contributed by atoms with Crippen molar-refractivity contribution in [2.24, 2.45) is 0 Å². The summed E-state index contributed by atoms with van der Waals surface area (Å²) in [6.07, 6.45) is 0. The average Bonchev–Trinajstić information content (AvgIpc) is 2.39. The fourth-order valence-corrected chi connectivity index (χ4v) is 1.93. The quantitative estimate of drug-likeness (QED) is 0.558. The van der Waals surface area contributed by atoms with Gasteiger partial charge in [-0.2, -0.15) is 36.4 Å². The molecule has 0 saturated heterocycles. The monoisotopic (exact) mass is 380 g/mol. The van der Waals surface area contributed by atoms with E-state index in [0.29, 0.717) is 0 Å². The van der Waals surface area contributed by atoms with Gasteiger partial charge >= 0.3 is 0 Å². The van der Waals surface area contributed by atoms with Crippen molar-refractivity contribution in [2.75, 3.05) is 0 Å². The van der Waals surface area contributed by atoms with Gasteiger partial charge in [0.25, 0.3) is 0 Å². The van der Waals surface area contributed by atoms with Crippen molar-refractivity contribution < 1.29 is 65.4 Å². The summed E-state index contributed by atoms with van der Waals surface area (Å²) in [5.41, 5.74) is 2.22. The third-order valence-electron chi connectivity index (χ3n) is 2.70. The molecule has 0 saturated carbocycles. The molecule has 0 atom stereocenters. The molecular weight excluding hydrogens is 370 g/mol. The van der Waals surface area contributed by atoms with Crippen molar-refractivity contribution in [3.8, 4) is 11.1 Å². The van der Waals surface area contributed by atoms with Crippen LogP contribution in [0.4, 0.5) is 0 Å². The minimum Gasteiger partial charge on any atom is -0.226 e.